The Morgan fingerprint density at radius 1 is 1.53 bits per heavy atom. The summed E-state index contributed by atoms with van der Waals surface area (Å²) in [5, 5.41) is 9.22. The summed E-state index contributed by atoms with van der Waals surface area (Å²) in [6, 6.07) is 0.0463. The predicted octanol–water partition coefficient (Wildman–Crippen LogP) is 3.51. The van der Waals surface area contributed by atoms with Crippen LogP contribution >= 0.6 is 0 Å². The molecule has 0 aromatic heterocycles. The molecule has 1 atom stereocenters. The van der Waals surface area contributed by atoms with E-state index in [2.05, 4.69) is 13.5 Å². The summed E-state index contributed by atoms with van der Waals surface area (Å²) in [7, 11) is 0. The Labute approximate surface area is 92.8 Å². The highest BCUT2D eigenvalue weighted by Gasteiger charge is 2.31. The molecule has 0 aliphatic heterocycles. The lowest BCUT2D eigenvalue weighted by Crippen LogP contribution is -2.51. The van der Waals surface area contributed by atoms with Gasteiger partial charge in [-0.2, -0.15) is 0 Å². The molecule has 0 aliphatic carbocycles. The number of nitrogens with zero attached hydrogens (tertiary/aromatic N) is 1. The van der Waals surface area contributed by atoms with Gasteiger partial charge >= 0.3 is 6.09 Å². The molecule has 0 spiro atoms. The number of hydrogen-bond acceptors (Lipinski definition) is 1. The second-order valence-electron chi connectivity index (χ2n) is 4.79. The SMILES string of the molecule is C=CC[C@H](CCC)N(C(=O)O)C(C)(C)C. The predicted molar refractivity (Wildman–Crippen MR) is 63.1 cm³/mol. The van der Waals surface area contributed by atoms with Crippen LogP contribution in [-0.4, -0.2) is 27.7 Å². The largest absolute Gasteiger partial charge is 0.465 e. The second kappa shape index (κ2) is 5.79. The van der Waals surface area contributed by atoms with Gasteiger partial charge in [-0.05, 0) is 33.6 Å². The fraction of sp³-hybridized carbons (Fsp3) is 0.750. The summed E-state index contributed by atoms with van der Waals surface area (Å²) >= 11 is 0. The van der Waals surface area contributed by atoms with Gasteiger partial charge in [-0.25, -0.2) is 4.79 Å². The van der Waals surface area contributed by atoms with Gasteiger partial charge in [-0.15, -0.1) is 6.58 Å². The summed E-state index contributed by atoms with van der Waals surface area (Å²) in [5.74, 6) is 0. The third-order valence-corrected chi connectivity index (χ3v) is 2.35. The Balaban J connectivity index is 4.83. The number of amides is 1. The third kappa shape index (κ3) is 4.36. The first-order chi connectivity index (χ1) is 6.84. The van der Waals surface area contributed by atoms with Gasteiger partial charge in [0.05, 0.1) is 0 Å². The first-order valence-corrected chi connectivity index (χ1v) is 5.47. The molecule has 0 radical (unpaired) electrons. The van der Waals surface area contributed by atoms with Crippen LogP contribution in [0.25, 0.3) is 0 Å². The molecule has 3 nitrogen and oxygen atoms in total. The monoisotopic (exact) mass is 213 g/mol. The lowest BCUT2D eigenvalue weighted by Gasteiger charge is -2.39. The van der Waals surface area contributed by atoms with E-state index in [1.54, 1.807) is 6.08 Å². The van der Waals surface area contributed by atoms with Crippen molar-refractivity contribution in [2.24, 2.45) is 0 Å². The molecule has 0 fully saturated rings. The van der Waals surface area contributed by atoms with Crippen LogP contribution in [0.3, 0.4) is 0 Å². The molecule has 0 saturated heterocycles. The van der Waals surface area contributed by atoms with Gasteiger partial charge in [0.15, 0.2) is 0 Å². The molecule has 88 valence electrons. The zero-order valence-electron chi connectivity index (χ0n) is 10.3. The second-order valence-corrected chi connectivity index (χ2v) is 4.79. The Morgan fingerprint density at radius 2 is 2.07 bits per heavy atom. The van der Waals surface area contributed by atoms with Gasteiger partial charge in [-0.3, -0.25) is 0 Å². The number of rotatable bonds is 5. The Kier molecular flexibility index (Phi) is 5.40. The topological polar surface area (TPSA) is 40.5 Å². The highest BCUT2D eigenvalue weighted by molar-refractivity contribution is 5.66. The van der Waals surface area contributed by atoms with E-state index in [0.717, 1.165) is 19.3 Å². The smallest absolute Gasteiger partial charge is 0.407 e. The van der Waals surface area contributed by atoms with Crippen molar-refractivity contribution in [2.45, 2.75) is 58.5 Å². The molecule has 3 heteroatoms. The summed E-state index contributed by atoms with van der Waals surface area (Å²) in [6.45, 7) is 11.5. The van der Waals surface area contributed by atoms with Crippen LogP contribution in [-0.2, 0) is 0 Å². The van der Waals surface area contributed by atoms with Gasteiger partial charge in [0, 0.05) is 11.6 Å². The van der Waals surface area contributed by atoms with Crippen molar-refractivity contribution in [3.8, 4) is 0 Å². The van der Waals surface area contributed by atoms with Gasteiger partial charge in [0.1, 0.15) is 0 Å². The van der Waals surface area contributed by atoms with Gasteiger partial charge in [0.2, 0.25) is 0 Å². The summed E-state index contributed by atoms with van der Waals surface area (Å²) in [6.07, 6.45) is 3.54. The average Bonchev–Trinajstić information content (AvgIpc) is 2.01. The maximum atomic E-state index is 11.2. The minimum Gasteiger partial charge on any atom is -0.465 e. The van der Waals surface area contributed by atoms with Crippen LogP contribution in [0.2, 0.25) is 0 Å². The molecular weight excluding hydrogens is 190 g/mol. The molecule has 0 rings (SSSR count). The molecule has 0 saturated carbocycles. The molecule has 0 aromatic rings. The third-order valence-electron chi connectivity index (χ3n) is 2.35. The number of hydrogen-bond donors (Lipinski definition) is 1. The van der Waals surface area contributed by atoms with Crippen LogP contribution in [0.4, 0.5) is 4.79 Å². The van der Waals surface area contributed by atoms with E-state index in [1.807, 2.05) is 20.8 Å². The number of carboxylic acid groups (broad SMARTS) is 1. The molecule has 0 bridgehead atoms. The van der Waals surface area contributed by atoms with E-state index in [1.165, 1.54) is 4.90 Å². The van der Waals surface area contributed by atoms with Crippen molar-refractivity contribution >= 4 is 6.09 Å². The summed E-state index contributed by atoms with van der Waals surface area (Å²) in [4.78, 5) is 12.8. The highest BCUT2D eigenvalue weighted by Crippen LogP contribution is 2.22. The first kappa shape index (κ1) is 14.0. The molecule has 0 aromatic carbocycles. The van der Waals surface area contributed by atoms with Crippen LogP contribution < -0.4 is 0 Å². The number of carbonyl (C=O) groups is 1. The highest BCUT2D eigenvalue weighted by atomic mass is 16.4. The van der Waals surface area contributed by atoms with Crippen LogP contribution in [0.15, 0.2) is 12.7 Å². The molecule has 15 heavy (non-hydrogen) atoms. The Hall–Kier alpha value is -0.990. The summed E-state index contributed by atoms with van der Waals surface area (Å²) in [5.41, 5.74) is -0.353. The van der Waals surface area contributed by atoms with Crippen molar-refractivity contribution < 1.29 is 9.90 Å². The van der Waals surface area contributed by atoms with E-state index < -0.39 is 6.09 Å². The molecule has 1 N–H and O–H groups in total. The van der Waals surface area contributed by atoms with Crippen molar-refractivity contribution in [2.75, 3.05) is 0 Å². The van der Waals surface area contributed by atoms with Crippen molar-refractivity contribution in [1.82, 2.24) is 4.90 Å². The van der Waals surface area contributed by atoms with Gasteiger partial charge in [-0.1, -0.05) is 19.4 Å². The zero-order chi connectivity index (χ0) is 12.1. The molecular formula is C12H23NO2. The minimum atomic E-state index is -0.845. The van der Waals surface area contributed by atoms with E-state index in [-0.39, 0.29) is 11.6 Å². The molecule has 0 heterocycles. The standard InChI is InChI=1S/C12H23NO2/c1-6-8-10(9-7-2)13(11(14)15)12(3,4)5/h6,10H,1,7-9H2,2-5H3,(H,14,15)/t10-/m1/s1. The lowest BCUT2D eigenvalue weighted by molar-refractivity contribution is 0.0677. The molecule has 0 unspecified atom stereocenters. The molecule has 1 amide bonds. The quantitative estimate of drug-likeness (QED) is 0.710. The zero-order valence-corrected chi connectivity index (χ0v) is 10.3. The maximum Gasteiger partial charge on any atom is 0.407 e. The maximum absolute atomic E-state index is 11.2. The minimum absolute atomic E-state index is 0.0463. The Bertz CT molecular complexity index is 218. The summed E-state index contributed by atoms with van der Waals surface area (Å²) < 4.78 is 0. The average molecular weight is 213 g/mol. The van der Waals surface area contributed by atoms with Crippen LogP contribution in [0.1, 0.15) is 47.0 Å². The van der Waals surface area contributed by atoms with E-state index >= 15 is 0 Å². The van der Waals surface area contributed by atoms with Crippen molar-refractivity contribution in [3.05, 3.63) is 12.7 Å². The Morgan fingerprint density at radius 3 is 2.33 bits per heavy atom. The van der Waals surface area contributed by atoms with Gasteiger partial charge < -0.3 is 10.0 Å². The van der Waals surface area contributed by atoms with Crippen LogP contribution in [0.5, 0.6) is 0 Å². The van der Waals surface area contributed by atoms with Gasteiger partial charge in [0.25, 0.3) is 0 Å². The van der Waals surface area contributed by atoms with E-state index in [9.17, 15) is 9.90 Å². The lowest BCUT2D eigenvalue weighted by atomic mass is 9.99. The fourth-order valence-electron chi connectivity index (χ4n) is 1.87. The molecule has 0 aliphatic rings. The van der Waals surface area contributed by atoms with E-state index in [0.29, 0.717) is 0 Å². The fourth-order valence-corrected chi connectivity index (χ4v) is 1.87. The van der Waals surface area contributed by atoms with Crippen molar-refractivity contribution in [1.29, 1.82) is 0 Å². The normalized spacial score (nSPS) is 13.3. The van der Waals surface area contributed by atoms with Crippen molar-refractivity contribution in [3.63, 3.8) is 0 Å². The van der Waals surface area contributed by atoms with E-state index in [4.69, 9.17) is 0 Å². The first-order valence-electron chi connectivity index (χ1n) is 5.47. The van der Waals surface area contributed by atoms with Crippen LogP contribution in [0, 0.1) is 0 Å².